The second-order valence-corrected chi connectivity index (χ2v) is 26.1. The maximum absolute atomic E-state index is 14.9. The molecule has 1 aromatic carbocycles. The number of fused-ring (bicyclic) bond motifs is 1. The number of likely N-dealkylation sites (tertiary alicyclic amines) is 1. The SMILES string of the molecule is CC[C@H](C)[C@H](NC(=O)[C@H](CC(C)C)NC(=O)[C@H](C)NC(=O)[C@@H]1CCCN1C(=O)[C@@H](N)CC(C)C)C(=O)N[C@@H](CO)C(=O)N[C@@H](Cc1c[nH]c2ccccc12)C(=O)N[C@H](C(=O)N[C@@H](CCCCN)C(=O)N[C@@H](CCCN=C(N)N)C(=O)N[C@@H](CCC(N)=O)C(=O)NCC(N)=O)[C@@H](C)CC. The van der Waals surface area contributed by atoms with E-state index < -0.39 is 162 Å². The topological polar surface area (TPSA) is 550 Å². The van der Waals surface area contributed by atoms with Crippen molar-refractivity contribution in [2.75, 3.05) is 32.8 Å². The van der Waals surface area contributed by atoms with E-state index in [-0.39, 0.29) is 94.6 Å². The highest BCUT2D eigenvalue weighted by molar-refractivity contribution is 6.00. The molecular formula is C65H109N19O14. The number of H-pyrrole nitrogens is 1. The van der Waals surface area contributed by atoms with Gasteiger partial charge in [-0.2, -0.15) is 0 Å². The Labute approximate surface area is 572 Å². The standard InChI is InChI=1S/C65H109N19O14/c1-10-36(7)52(62(96)78-43(20-14-15-25-66)56(90)76-44(21-16-26-72-65(70)71)57(91)77-45(23-24-50(68)86)55(89)74-32-51(69)87)83-59(93)47(30-39-31-73-42-19-13-12-18-40(39)42)80-60(94)48(33-85)81-63(97)53(37(8)11-2)82-58(92)46(29-35(5)6)79-54(88)38(9)75-61(95)49-22-17-27-84(49)64(98)41(67)28-34(3)4/h12-13,18-19,31,34-38,41,43-49,52-53,73,85H,10-11,14-17,20-30,32-33,66-67H2,1-9H3,(H2,68,86)(H2,69,87)(H,74,89)(H,75,95)(H,76,90)(H,77,91)(H,78,96)(H,79,88)(H,80,94)(H,81,97)(H,82,92)(H,83,93)(H4,70,71,72)/t36-,37-,38-,41-,43-,44-,45-,46-,47-,48-,49-,52-,53-/m0/s1. The molecule has 98 heavy (non-hydrogen) atoms. The highest BCUT2D eigenvalue weighted by atomic mass is 16.3. The molecule has 0 aliphatic carbocycles. The zero-order chi connectivity index (χ0) is 73.5. The summed E-state index contributed by atoms with van der Waals surface area (Å²) in [4.78, 5) is 187. The average Bonchev–Trinajstić information content (AvgIpc) is 1.59. The second-order valence-electron chi connectivity index (χ2n) is 26.1. The van der Waals surface area contributed by atoms with E-state index in [0.29, 0.717) is 55.1 Å². The first kappa shape index (κ1) is 83.2. The van der Waals surface area contributed by atoms with Crippen LogP contribution in [0.4, 0.5) is 0 Å². The molecule has 548 valence electrons. The van der Waals surface area contributed by atoms with Gasteiger partial charge in [0.05, 0.1) is 19.2 Å². The van der Waals surface area contributed by atoms with Crippen LogP contribution in [0.1, 0.15) is 151 Å². The minimum absolute atomic E-state index is 0.00583. The molecule has 1 aliphatic rings. The van der Waals surface area contributed by atoms with Gasteiger partial charge in [-0.3, -0.25) is 67.3 Å². The Hall–Kier alpha value is -8.98. The summed E-state index contributed by atoms with van der Waals surface area (Å²) in [5.41, 5.74) is 34.8. The number of guanidine groups is 1. The fraction of sp³-hybridized carbons (Fsp3) is 0.662. The first-order valence-electron chi connectivity index (χ1n) is 33.8. The molecule has 1 aliphatic heterocycles. The number of carbonyl (C=O) groups is 13. The lowest BCUT2D eigenvalue weighted by molar-refractivity contribution is -0.140. The van der Waals surface area contributed by atoms with Gasteiger partial charge in [0.1, 0.15) is 60.4 Å². The monoisotopic (exact) mass is 1380 g/mol. The third-order valence-corrected chi connectivity index (χ3v) is 17.0. The van der Waals surface area contributed by atoms with Crippen molar-refractivity contribution in [3.63, 3.8) is 0 Å². The molecule has 1 saturated heterocycles. The first-order chi connectivity index (χ1) is 46.3. The van der Waals surface area contributed by atoms with Gasteiger partial charge in [-0.25, -0.2) is 0 Å². The molecule has 2 heterocycles. The zero-order valence-electron chi connectivity index (χ0n) is 58.1. The van der Waals surface area contributed by atoms with Crippen molar-refractivity contribution in [3.05, 3.63) is 36.0 Å². The van der Waals surface area contributed by atoms with Crippen LogP contribution in [0.25, 0.3) is 10.9 Å². The van der Waals surface area contributed by atoms with Crippen molar-refractivity contribution in [3.8, 4) is 0 Å². The summed E-state index contributed by atoms with van der Waals surface area (Å²) in [5, 5.41) is 37.7. The summed E-state index contributed by atoms with van der Waals surface area (Å²) in [7, 11) is 0. The number of aliphatic imine (C=N–C) groups is 1. The van der Waals surface area contributed by atoms with E-state index in [2.05, 4.69) is 63.1 Å². The molecule has 3 rings (SSSR count). The largest absolute Gasteiger partial charge is 0.394 e. The number of para-hydroxylation sites is 1. The summed E-state index contributed by atoms with van der Waals surface area (Å²) in [6, 6.07) is -7.19. The smallest absolute Gasteiger partial charge is 0.245 e. The van der Waals surface area contributed by atoms with E-state index in [1.54, 1.807) is 58.2 Å². The number of amides is 13. The van der Waals surface area contributed by atoms with Crippen LogP contribution in [0.5, 0.6) is 0 Å². The maximum atomic E-state index is 14.9. The Balaban J connectivity index is 1.94. The van der Waals surface area contributed by atoms with Crippen LogP contribution in [0, 0.1) is 23.7 Å². The number of aliphatic hydroxyl groups is 1. The van der Waals surface area contributed by atoms with Gasteiger partial charge >= 0.3 is 0 Å². The van der Waals surface area contributed by atoms with E-state index >= 15 is 0 Å². The molecule has 1 fully saturated rings. The zero-order valence-corrected chi connectivity index (χ0v) is 58.1. The van der Waals surface area contributed by atoms with Crippen LogP contribution in [-0.2, 0) is 68.7 Å². The minimum atomic E-state index is -1.74. The number of aromatic amines is 1. The number of unbranched alkanes of at least 4 members (excludes halogenated alkanes) is 1. The lowest BCUT2D eigenvalue weighted by Crippen LogP contribution is -2.62. The number of hydrogen-bond donors (Lipinski definition) is 18. The molecular weight excluding hydrogens is 1270 g/mol. The van der Waals surface area contributed by atoms with Gasteiger partial charge in [0.25, 0.3) is 0 Å². The second kappa shape index (κ2) is 42.0. The normalized spacial score (nSPS) is 16.6. The fourth-order valence-corrected chi connectivity index (χ4v) is 11.1. The van der Waals surface area contributed by atoms with E-state index in [4.69, 9.17) is 34.4 Å². The van der Waals surface area contributed by atoms with Crippen LogP contribution >= 0.6 is 0 Å². The fourth-order valence-electron chi connectivity index (χ4n) is 11.1. The van der Waals surface area contributed by atoms with Gasteiger partial charge in [0, 0.05) is 43.0 Å². The third-order valence-electron chi connectivity index (χ3n) is 17.0. The van der Waals surface area contributed by atoms with Gasteiger partial charge in [-0.15, -0.1) is 0 Å². The predicted molar refractivity (Wildman–Crippen MR) is 366 cm³/mol. The highest BCUT2D eigenvalue weighted by Gasteiger charge is 2.40. The van der Waals surface area contributed by atoms with Gasteiger partial charge < -0.3 is 103 Å². The number of aromatic nitrogens is 1. The molecule has 0 bridgehead atoms. The molecule has 33 heteroatoms. The Morgan fingerprint density at radius 3 is 1.64 bits per heavy atom. The molecule has 0 radical (unpaired) electrons. The quantitative estimate of drug-likeness (QED) is 0.0175. The number of rotatable bonds is 44. The minimum Gasteiger partial charge on any atom is -0.394 e. The number of primary amides is 2. The van der Waals surface area contributed by atoms with Crippen LogP contribution in [-0.4, -0.2) is 197 Å². The predicted octanol–water partition coefficient (Wildman–Crippen LogP) is -3.36. The molecule has 0 unspecified atom stereocenters. The van der Waals surface area contributed by atoms with Crippen molar-refractivity contribution in [2.45, 2.75) is 219 Å². The molecule has 24 N–H and O–H groups in total. The number of nitrogens with one attached hydrogen (secondary N) is 11. The van der Waals surface area contributed by atoms with Crippen molar-refractivity contribution < 1.29 is 67.4 Å². The van der Waals surface area contributed by atoms with Gasteiger partial charge in [-0.1, -0.05) is 86.4 Å². The third kappa shape index (κ3) is 27.5. The van der Waals surface area contributed by atoms with Crippen LogP contribution < -0.4 is 87.6 Å². The molecule has 13 amide bonds. The van der Waals surface area contributed by atoms with E-state index in [9.17, 15) is 67.4 Å². The summed E-state index contributed by atoms with van der Waals surface area (Å²) in [5.74, 6) is -12.0. The lowest BCUT2D eigenvalue weighted by Gasteiger charge is -2.30. The van der Waals surface area contributed by atoms with Crippen molar-refractivity contribution in [2.24, 2.45) is 63.1 Å². The van der Waals surface area contributed by atoms with Gasteiger partial charge in [-0.05, 0) is 113 Å². The summed E-state index contributed by atoms with van der Waals surface area (Å²) >= 11 is 0. The average molecular weight is 1380 g/mol. The number of hydrogen-bond acceptors (Lipinski definition) is 17. The first-order valence-corrected chi connectivity index (χ1v) is 33.8. The number of aliphatic hydroxyl groups excluding tert-OH is 1. The molecule has 2 aromatic rings. The van der Waals surface area contributed by atoms with Crippen molar-refractivity contribution in [1.82, 2.24) is 63.1 Å². The summed E-state index contributed by atoms with van der Waals surface area (Å²) < 4.78 is 0. The van der Waals surface area contributed by atoms with Crippen molar-refractivity contribution in [1.29, 1.82) is 0 Å². The van der Waals surface area contributed by atoms with Crippen LogP contribution in [0.3, 0.4) is 0 Å². The Kier molecular flexibility index (Phi) is 35.7. The van der Waals surface area contributed by atoms with E-state index in [0.717, 1.165) is 0 Å². The lowest BCUT2D eigenvalue weighted by atomic mass is 9.96. The van der Waals surface area contributed by atoms with Crippen LogP contribution in [0.2, 0.25) is 0 Å². The molecule has 0 saturated carbocycles. The van der Waals surface area contributed by atoms with E-state index in [1.807, 2.05) is 27.7 Å². The highest BCUT2D eigenvalue weighted by Crippen LogP contribution is 2.22. The number of nitrogens with zero attached hydrogens (tertiary/aromatic N) is 2. The Bertz CT molecular complexity index is 3070. The Morgan fingerprint density at radius 2 is 1.10 bits per heavy atom. The molecule has 1 aromatic heterocycles. The molecule has 13 atom stereocenters. The van der Waals surface area contributed by atoms with E-state index in [1.165, 1.54) is 11.8 Å². The van der Waals surface area contributed by atoms with Gasteiger partial charge in [0.2, 0.25) is 76.8 Å². The summed E-state index contributed by atoms with van der Waals surface area (Å²) in [6.07, 6.45) is 3.45. The Morgan fingerprint density at radius 1 is 0.592 bits per heavy atom. The van der Waals surface area contributed by atoms with Gasteiger partial charge in [0.15, 0.2) is 5.96 Å². The number of benzene rings is 1. The number of nitrogens with two attached hydrogens (primary N) is 6. The number of carbonyl (C=O) groups excluding carboxylic acids is 13. The van der Waals surface area contributed by atoms with Crippen LogP contribution in [0.15, 0.2) is 35.5 Å². The maximum Gasteiger partial charge on any atom is 0.245 e. The molecule has 0 spiro atoms. The van der Waals surface area contributed by atoms with Crippen molar-refractivity contribution >= 4 is 93.7 Å². The molecule has 33 nitrogen and oxygen atoms in total. The summed E-state index contributed by atoms with van der Waals surface area (Å²) in [6.45, 7) is 14.7.